The van der Waals surface area contributed by atoms with E-state index in [9.17, 15) is 0 Å². The molecule has 3 saturated heterocycles. The molecule has 0 aromatic rings. The molecule has 0 aliphatic carbocycles. The lowest BCUT2D eigenvalue weighted by Crippen LogP contribution is -2.68. The molecule has 3 heterocycles. The lowest BCUT2D eigenvalue weighted by atomic mass is 9.87. The second-order valence-electron chi connectivity index (χ2n) is 4.80. The van der Waals surface area contributed by atoms with Crippen molar-refractivity contribution in [1.82, 2.24) is 9.80 Å². The van der Waals surface area contributed by atoms with Crippen LogP contribution in [0.25, 0.3) is 0 Å². The van der Waals surface area contributed by atoms with Crippen molar-refractivity contribution in [1.29, 1.82) is 0 Å². The fraction of sp³-hybridized carbons (Fsp3) is 1.00. The van der Waals surface area contributed by atoms with Crippen LogP contribution in [0.5, 0.6) is 0 Å². The summed E-state index contributed by atoms with van der Waals surface area (Å²) in [5.74, 6) is 0. The molecule has 0 saturated carbocycles. The molecule has 0 radical (unpaired) electrons. The summed E-state index contributed by atoms with van der Waals surface area (Å²) in [6, 6.07) is 2.56. The number of hydrogen-bond acceptors (Lipinski definition) is 2. The highest BCUT2D eigenvalue weighted by atomic mass is 15.3. The van der Waals surface area contributed by atoms with E-state index in [4.69, 9.17) is 0 Å². The van der Waals surface area contributed by atoms with Gasteiger partial charge in [0.15, 0.2) is 0 Å². The Bertz CT molecular complexity index is 169. The van der Waals surface area contributed by atoms with Crippen molar-refractivity contribution in [2.24, 2.45) is 0 Å². The fourth-order valence-corrected chi connectivity index (χ4v) is 2.79. The number of hydrogen-bond donors (Lipinski definition) is 0. The van der Waals surface area contributed by atoms with E-state index in [1.165, 1.54) is 32.4 Å². The smallest absolute Gasteiger partial charge is 0.0239 e. The average Bonchev–Trinajstić information content (AvgIpc) is 2.17. The van der Waals surface area contributed by atoms with Gasteiger partial charge in [0.2, 0.25) is 0 Å². The molecule has 0 amide bonds. The standard InChI is InChI=1S/C11H22N2/c1-4-5-9(2)13-7-10-6-11(8-13)12(10)3/h9-11H,4-8H2,1-3H3. The van der Waals surface area contributed by atoms with Gasteiger partial charge in [-0.15, -0.1) is 0 Å². The van der Waals surface area contributed by atoms with Crippen LogP contribution in [-0.2, 0) is 0 Å². The van der Waals surface area contributed by atoms with Crippen LogP contribution in [0.1, 0.15) is 33.1 Å². The van der Waals surface area contributed by atoms with Crippen molar-refractivity contribution in [3.8, 4) is 0 Å². The molecule has 0 N–H and O–H groups in total. The summed E-state index contributed by atoms with van der Waals surface area (Å²) in [7, 11) is 2.28. The highest BCUT2D eigenvalue weighted by Crippen LogP contribution is 2.31. The maximum Gasteiger partial charge on any atom is 0.0239 e. The Morgan fingerprint density at radius 1 is 1.31 bits per heavy atom. The van der Waals surface area contributed by atoms with Gasteiger partial charge in [0.1, 0.15) is 0 Å². The van der Waals surface area contributed by atoms with Crippen LogP contribution < -0.4 is 0 Å². The first-order valence-electron chi connectivity index (χ1n) is 5.68. The first kappa shape index (κ1) is 9.47. The second kappa shape index (κ2) is 3.58. The topological polar surface area (TPSA) is 6.48 Å². The van der Waals surface area contributed by atoms with Gasteiger partial charge in [-0.25, -0.2) is 0 Å². The van der Waals surface area contributed by atoms with E-state index in [1.54, 1.807) is 0 Å². The van der Waals surface area contributed by atoms with E-state index >= 15 is 0 Å². The lowest BCUT2D eigenvalue weighted by Gasteiger charge is -2.56. The fourth-order valence-electron chi connectivity index (χ4n) is 2.79. The maximum atomic E-state index is 2.68. The van der Waals surface area contributed by atoms with Gasteiger partial charge >= 0.3 is 0 Å². The van der Waals surface area contributed by atoms with Crippen LogP contribution >= 0.6 is 0 Å². The predicted molar refractivity (Wildman–Crippen MR) is 55.9 cm³/mol. The van der Waals surface area contributed by atoms with E-state index in [2.05, 4.69) is 30.7 Å². The molecule has 3 rings (SSSR count). The van der Waals surface area contributed by atoms with Crippen molar-refractivity contribution in [2.45, 2.75) is 51.2 Å². The van der Waals surface area contributed by atoms with Gasteiger partial charge in [0.05, 0.1) is 0 Å². The van der Waals surface area contributed by atoms with Crippen LogP contribution in [0.2, 0.25) is 0 Å². The van der Waals surface area contributed by atoms with Crippen LogP contribution in [0.3, 0.4) is 0 Å². The van der Waals surface area contributed by atoms with Gasteiger partial charge in [-0.05, 0) is 26.8 Å². The third-order valence-electron chi connectivity index (χ3n) is 3.92. The summed E-state index contributed by atoms with van der Waals surface area (Å²) in [4.78, 5) is 5.23. The molecule has 0 aromatic carbocycles. The third kappa shape index (κ3) is 1.62. The number of piperidine rings is 1. The van der Waals surface area contributed by atoms with Crippen molar-refractivity contribution < 1.29 is 0 Å². The van der Waals surface area contributed by atoms with Crippen LogP contribution in [0, 0.1) is 0 Å². The summed E-state index contributed by atoms with van der Waals surface area (Å²) in [6.45, 7) is 7.30. The molecule has 3 aliphatic heterocycles. The number of fused-ring (bicyclic) bond motifs is 2. The number of nitrogens with zero attached hydrogens (tertiary/aromatic N) is 2. The Balaban J connectivity index is 1.84. The van der Waals surface area contributed by atoms with Crippen molar-refractivity contribution in [3.63, 3.8) is 0 Å². The van der Waals surface area contributed by atoms with E-state index in [0.29, 0.717) is 0 Å². The van der Waals surface area contributed by atoms with E-state index in [0.717, 1.165) is 18.1 Å². The molecule has 3 atom stereocenters. The van der Waals surface area contributed by atoms with Gasteiger partial charge in [-0.3, -0.25) is 9.80 Å². The number of rotatable bonds is 3. The Labute approximate surface area is 81.9 Å². The molecule has 3 unspecified atom stereocenters. The number of piperazine rings is 1. The summed E-state index contributed by atoms with van der Waals surface area (Å²) in [6.07, 6.45) is 4.14. The van der Waals surface area contributed by atoms with Crippen LogP contribution in [-0.4, -0.2) is 48.1 Å². The molecule has 2 bridgehead atoms. The molecular formula is C11H22N2. The van der Waals surface area contributed by atoms with E-state index in [-0.39, 0.29) is 0 Å². The van der Waals surface area contributed by atoms with Crippen LogP contribution in [0.15, 0.2) is 0 Å². The molecule has 3 fully saturated rings. The van der Waals surface area contributed by atoms with E-state index < -0.39 is 0 Å². The first-order valence-corrected chi connectivity index (χ1v) is 5.68. The number of likely N-dealkylation sites (N-methyl/N-ethyl adjacent to an activating group) is 1. The Morgan fingerprint density at radius 2 is 1.92 bits per heavy atom. The molecule has 3 aliphatic rings. The highest BCUT2D eigenvalue weighted by molar-refractivity contribution is 4.99. The van der Waals surface area contributed by atoms with Gasteiger partial charge in [0, 0.05) is 31.2 Å². The minimum atomic E-state index is 0.809. The predicted octanol–water partition coefficient (Wildman–Crippen LogP) is 1.56. The molecule has 13 heavy (non-hydrogen) atoms. The SMILES string of the molecule is CCCC(C)N1CC2CC(C1)N2C. The normalized spacial score (nSPS) is 37.2. The van der Waals surface area contributed by atoms with Gasteiger partial charge in [-0.2, -0.15) is 0 Å². The van der Waals surface area contributed by atoms with E-state index in [1.807, 2.05) is 0 Å². The Hall–Kier alpha value is -0.0800. The van der Waals surface area contributed by atoms with Gasteiger partial charge in [-0.1, -0.05) is 13.3 Å². The van der Waals surface area contributed by atoms with Crippen LogP contribution in [0.4, 0.5) is 0 Å². The molecule has 0 spiro atoms. The summed E-state index contributed by atoms with van der Waals surface area (Å²) in [5, 5.41) is 0. The summed E-state index contributed by atoms with van der Waals surface area (Å²) < 4.78 is 0. The highest BCUT2D eigenvalue weighted by Gasteiger charge is 2.42. The molecular weight excluding hydrogens is 160 g/mol. The lowest BCUT2D eigenvalue weighted by molar-refractivity contribution is -0.0638. The summed E-state index contributed by atoms with van der Waals surface area (Å²) in [5.41, 5.74) is 0. The summed E-state index contributed by atoms with van der Waals surface area (Å²) >= 11 is 0. The minimum absolute atomic E-state index is 0.809. The third-order valence-corrected chi connectivity index (χ3v) is 3.92. The molecule has 2 nitrogen and oxygen atoms in total. The molecule has 0 aromatic heterocycles. The van der Waals surface area contributed by atoms with Crippen molar-refractivity contribution >= 4 is 0 Å². The van der Waals surface area contributed by atoms with Gasteiger partial charge in [0.25, 0.3) is 0 Å². The Morgan fingerprint density at radius 3 is 2.38 bits per heavy atom. The van der Waals surface area contributed by atoms with Crippen molar-refractivity contribution in [2.75, 3.05) is 20.1 Å². The molecule has 2 heteroatoms. The monoisotopic (exact) mass is 182 g/mol. The molecule has 76 valence electrons. The minimum Gasteiger partial charge on any atom is -0.298 e. The zero-order valence-corrected chi connectivity index (χ0v) is 9.16. The van der Waals surface area contributed by atoms with Gasteiger partial charge < -0.3 is 0 Å². The first-order chi connectivity index (χ1) is 6.22. The maximum absolute atomic E-state index is 2.68. The zero-order valence-electron chi connectivity index (χ0n) is 9.16. The Kier molecular flexibility index (Phi) is 2.61. The average molecular weight is 182 g/mol. The second-order valence-corrected chi connectivity index (χ2v) is 4.80. The van der Waals surface area contributed by atoms with Crippen molar-refractivity contribution in [3.05, 3.63) is 0 Å². The zero-order chi connectivity index (χ0) is 9.42. The quantitative estimate of drug-likeness (QED) is 0.653. The largest absolute Gasteiger partial charge is 0.298 e.